The lowest BCUT2D eigenvalue weighted by Crippen LogP contribution is -2.49. The van der Waals surface area contributed by atoms with Crippen molar-refractivity contribution in [1.82, 2.24) is 5.32 Å². The second-order valence-electron chi connectivity index (χ2n) is 11.1. The first-order valence-electron chi connectivity index (χ1n) is 12.4. The third-order valence-corrected chi connectivity index (χ3v) is 8.00. The molecule has 0 saturated carbocycles. The zero-order chi connectivity index (χ0) is 28.1. The number of ether oxygens (including phenoxy) is 1. The second kappa shape index (κ2) is 10.3. The highest BCUT2D eigenvalue weighted by atomic mass is 35.5. The summed E-state index contributed by atoms with van der Waals surface area (Å²) in [6.45, 7) is 6.15. The molecule has 4 atom stereocenters. The van der Waals surface area contributed by atoms with Gasteiger partial charge in [0.05, 0.1) is 10.9 Å². The van der Waals surface area contributed by atoms with Crippen LogP contribution in [0.4, 0.5) is 20.6 Å². The van der Waals surface area contributed by atoms with E-state index in [0.29, 0.717) is 33.4 Å². The third kappa shape index (κ3) is 5.09. The van der Waals surface area contributed by atoms with Gasteiger partial charge in [-0.1, -0.05) is 73.8 Å². The van der Waals surface area contributed by atoms with Gasteiger partial charge < -0.3 is 10.1 Å². The second-order valence-corrected chi connectivity index (χ2v) is 12.4. The summed E-state index contributed by atoms with van der Waals surface area (Å²) in [5.74, 6) is -1.97. The minimum absolute atomic E-state index is 0.0963. The maximum absolute atomic E-state index is 15.7. The Morgan fingerprint density at radius 3 is 2.44 bits per heavy atom. The highest BCUT2D eigenvalue weighted by Crippen LogP contribution is 2.57. The molecule has 0 aromatic heterocycles. The molecule has 1 saturated heterocycles. The van der Waals surface area contributed by atoms with E-state index in [1.807, 2.05) is 0 Å². The Hall–Kier alpha value is -2.84. The van der Waals surface area contributed by atoms with Crippen molar-refractivity contribution in [2.24, 2.45) is 5.41 Å². The summed E-state index contributed by atoms with van der Waals surface area (Å²) in [7, 11) is 0. The smallest absolute Gasteiger partial charge is 0.413 e. The molecule has 10 heteroatoms. The van der Waals surface area contributed by atoms with Gasteiger partial charge in [0, 0.05) is 27.5 Å². The van der Waals surface area contributed by atoms with Crippen LogP contribution in [0.1, 0.15) is 44.2 Å². The van der Waals surface area contributed by atoms with E-state index in [1.165, 1.54) is 6.07 Å². The molecule has 0 aliphatic carbocycles. The summed E-state index contributed by atoms with van der Waals surface area (Å²) in [6, 6.07) is 15.8. The summed E-state index contributed by atoms with van der Waals surface area (Å²) < 4.78 is 21.7. The first kappa shape index (κ1) is 27.7. The van der Waals surface area contributed by atoms with Crippen molar-refractivity contribution in [1.29, 1.82) is 0 Å². The Labute approximate surface area is 241 Å². The van der Waals surface area contributed by atoms with Crippen molar-refractivity contribution >= 4 is 58.2 Å². The quantitative estimate of drug-likeness (QED) is 0.290. The number of rotatable bonds is 4. The first-order chi connectivity index (χ1) is 18.4. The standard InChI is InChI=1S/C29H27Cl3FN3O3/c1-28(2,3)14-22-29(19-12-9-16(31)13-21(19)35-26(29)37)23(18-5-4-6-20(32)24(18)33)25(36-22)39-27(38)34-17-10-7-15(30)8-11-17/h4-13,22-23,25,36H,14H2,1-3H3,(H,34,38)(H,35,37)/t22-,23-,25+,29+/m0/s1. The van der Waals surface area contributed by atoms with Crippen LogP contribution < -0.4 is 16.0 Å². The number of carbonyl (C=O) groups is 2. The van der Waals surface area contributed by atoms with Crippen molar-refractivity contribution in [2.45, 2.75) is 50.8 Å². The summed E-state index contributed by atoms with van der Waals surface area (Å²) in [5.41, 5.74) is 0.238. The van der Waals surface area contributed by atoms with E-state index in [9.17, 15) is 9.59 Å². The molecule has 2 aliphatic rings. The zero-order valence-electron chi connectivity index (χ0n) is 21.4. The molecule has 1 spiro atoms. The zero-order valence-corrected chi connectivity index (χ0v) is 23.7. The van der Waals surface area contributed by atoms with Gasteiger partial charge in [-0.05, 0) is 65.4 Å². The molecule has 6 nitrogen and oxygen atoms in total. The summed E-state index contributed by atoms with van der Waals surface area (Å²) in [4.78, 5) is 27.2. The molecular formula is C29H27Cl3FN3O3. The lowest BCUT2D eigenvalue weighted by Gasteiger charge is -2.37. The molecule has 39 heavy (non-hydrogen) atoms. The lowest BCUT2D eigenvalue weighted by atomic mass is 9.63. The predicted octanol–water partition coefficient (Wildman–Crippen LogP) is 7.74. The van der Waals surface area contributed by atoms with Crippen LogP contribution in [0.5, 0.6) is 0 Å². The largest absolute Gasteiger partial charge is 0.429 e. The van der Waals surface area contributed by atoms with Gasteiger partial charge in [-0.25, -0.2) is 9.18 Å². The number of hydrogen-bond acceptors (Lipinski definition) is 4. The van der Waals surface area contributed by atoms with E-state index in [0.717, 1.165) is 0 Å². The van der Waals surface area contributed by atoms with Crippen LogP contribution in [0.15, 0.2) is 60.7 Å². The Balaban J connectivity index is 1.65. The van der Waals surface area contributed by atoms with Crippen molar-refractivity contribution in [3.05, 3.63) is 92.7 Å². The van der Waals surface area contributed by atoms with Gasteiger partial charge in [0.15, 0.2) is 6.23 Å². The van der Waals surface area contributed by atoms with Crippen LogP contribution in [0.3, 0.4) is 0 Å². The average Bonchev–Trinajstić information content (AvgIpc) is 3.30. The minimum Gasteiger partial charge on any atom is -0.429 e. The Kier molecular flexibility index (Phi) is 7.31. The predicted molar refractivity (Wildman–Crippen MR) is 152 cm³/mol. The maximum Gasteiger partial charge on any atom is 0.413 e. The minimum atomic E-state index is -1.33. The van der Waals surface area contributed by atoms with Gasteiger partial charge in [-0.2, -0.15) is 0 Å². The fraction of sp³-hybridized carbons (Fsp3) is 0.310. The SMILES string of the molecule is CC(C)(C)C[C@@H]1N[C@H](OC(=O)Nc2ccc(Cl)cc2)[C@H](c2cccc(Cl)c2F)[C@]12C(=O)Nc1cc(Cl)ccc12. The van der Waals surface area contributed by atoms with E-state index < -0.39 is 35.5 Å². The molecule has 5 rings (SSSR count). The highest BCUT2D eigenvalue weighted by molar-refractivity contribution is 6.31. The van der Waals surface area contributed by atoms with Crippen molar-refractivity contribution in [3.8, 4) is 0 Å². The normalized spacial score (nSPS) is 24.0. The highest BCUT2D eigenvalue weighted by Gasteiger charge is 2.66. The van der Waals surface area contributed by atoms with Crippen LogP contribution in [-0.4, -0.2) is 24.3 Å². The van der Waals surface area contributed by atoms with E-state index in [2.05, 4.69) is 36.7 Å². The van der Waals surface area contributed by atoms with Crippen LogP contribution in [0.2, 0.25) is 15.1 Å². The van der Waals surface area contributed by atoms with Gasteiger partial charge in [0.1, 0.15) is 11.2 Å². The fourth-order valence-electron chi connectivity index (χ4n) is 5.76. The van der Waals surface area contributed by atoms with E-state index in [-0.39, 0.29) is 21.9 Å². The number of fused-ring (bicyclic) bond motifs is 2. The van der Waals surface area contributed by atoms with Gasteiger partial charge in [0.25, 0.3) is 0 Å². The van der Waals surface area contributed by atoms with E-state index in [4.69, 9.17) is 39.5 Å². The monoisotopic (exact) mass is 589 g/mol. The summed E-state index contributed by atoms with van der Waals surface area (Å²) in [5, 5.41) is 9.88. The topological polar surface area (TPSA) is 79.5 Å². The van der Waals surface area contributed by atoms with Gasteiger partial charge >= 0.3 is 6.09 Å². The summed E-state index contributed by atoms with van der Waals surface area (Å²) in [6.07, 6.45) is -1.34. The van der Waals surface area contributed by atoms with Crippen LogP contribution in [-0.2, 0) is 14.9 Å². The van der Waals surface area contributed by atoms with Gasteiger partial charge in [0.2, 0.25) is 5.91 Å². The molecule has 3 aromatic rings. The molecule has 0 radical (unpaired) electrons. The number of halogens is 4. The van der Waals surface area contributed by atoms with Crippen molar-refractivity contribution in [3.63, 3.8) is 0 Å². The molecule has 0 unspecified atom stereocenters. The Morgan fingerprint density at radius 1 is 1.05 bits per heavy atom. The van der Waals surface area contributed by atoms with Crippen LogP contribution in [0, 0.1) is 11.2 Å². The van der Waals surface area contributed by atoms with E-state index >= 15 is 4.39 Å². The summed E-state index contributed by atoms with van der Waals surface area (Å²) >= 11 is 18.4. The molecule has 1 fully saturated rings. The lowest BCUT2D eigenvalue weighted by molar-refractivity contribution is -0.122. The third-order valence-electron chi connectivity index (χ3n) is 7.22. The average molecular weight is 591 g/mol. The number of benzene rings is 3. The number of anilines is 2. The number of hydrogen-bond donors (Lipinski definition) is 3. The molecule has 3 aromatic carbocycles. The number of nitrogens with one attached hydrogen (secondary N) is 3. The molecule has 204 valence electrons. The van der Waals surface area contributed by atoms with Gasteiger partial charge in [-0.15, -0.1) is 0 Å². The van der Waals surface area contributed by atoms with Crippen LogP contribution in [0.25, 0.3) is 0 Å². The first-order valence-corrected chi connectivity index (χ1v) is 13.6. The van der Waals surface area contributed by atoms with Crippen molar-refractivity contribution in [2.75, 3.05) is 10.6 Å². The Morgan fingerprint density at radius 2 is 1.74 bits per heavy atom. The fourth-order valence-corrected chi connectivity index (χ4v) is 6.24. The Bertz CT molecular complexity index is 1440. The molecular weight excluding hydrogens is 564 g/mol. The number of carbonyl (C=O) groups excluding carboxylic acids is 2. The maximum atomic E-state index is 15.7. The van der Waals surface area contributed by atoms with E-state index in [1.54, 1.807) is 54.6 Å². The molecule has 2 aliphatic heterocycles. The van der Waals surface area contributed by atoms with Crippen molar-refractivity contribution < 1.29 is 18.7 Å². The molecule has 2 heterocycles. The molecule has 3 N–H and O–H groups in total. The number of amides is 2. The van der Waals surface area contributed by atoms with Gasteiger partial charge in [-0.3, -0.25) is 15.4 Å². The molecule has 2 amide bonds. The van der Waals surface area contributed by atoms with Crippen LogP contribution >= 0.6 is 34.8 Å². The molecule has 0 bridgehead atoms.